The van der Waals surface area contributed by atoms with E-state index >= 15 is 0 Å². The molecule has 1 atom stereocenters. The SMILES string of the molecule is NC(=O)CC(NC(=O)Nc1ccc(Br)cc1F)C(=O)O. The molecule has 0 bridgehead atoms. The van der Waals surface area contributed by atoms with Crippen LogP contribution in [-0.2, 0) is 9.59 Å². The highest BCUT2D eigenvalue weighted by molar-refractivity contribution is 9.10. The molecule has 0 saturated heterocycles. The molecule has 0 aliphatic rings. The molecular formula is C11H11BrFN3O4. The molecule has 0 spiro atoms. The van der Waals surface area contributed by atoms with Crippen molar-refractivity contribution in [3.05, 3.63) is 28.5 Å². The molecule has 0 fully saturated rings. The Kier molecular flexibility index (Phi) is 5.44. The second kappa shape index (κ2) is 6.85. The van der Waals surface area contributed by atoms with Gasteiger partial charge >= 0.3 is 12.0 Å². The summed E-state index contributed by atoms with van der Waals surface area (Å²) in [6, 6.07) is 1.48. The monoisotopic (exact) mass is 347 g/mol. The lowest BCUT2D eigenvalue weighted by molar-refractivity contribution is -0.140. The first-order valence-corrected chi connectivity index (χ1v) is 6.12. The molecule has 3 amide bonds. The van der Waals surface area contributed by atoms with Crippen molar-refractivity contribution >= 4 is 39.5 Å². The zero-order valence-corrected chi connectivity index (χ0v) is 11.6. The van der Waals surface area contributed by atoms with Crippen molar-refractivity contribution < 1.29 is 23.9 Å². The molecule has 1 rings (SSSR count). The van der Waals surface area contributed by atoms with Crippen LogP contribution in [0.25, 0.3) is 0 Å². The van der Waals surface area contributed by atoms with Crippen LogP contribution in [0.2, 0.25) is 0 Å². The fourth-order valence-corrected chi connectivity index (χ4v) is 1.64. The van der Waals surface area contributed by atoms with Gasteiger partial charge in [0.2, 0.25) is 5.91 Å². The first-order chi connectivity index (χ1) is 9.29. The van der Waals surface area contributed by atoms with E-state index in [1.807, 2.05) is 5.32 Å². The molecule has 0 heterocycles. The van der Waals surface area contributed by atoms with Gasteiger partial charge in [-0.05, 0) is 18.2 Å². The van der Waals surface area contributed by atoms with Gasteiger partial charge in [0.1, 0.15) is 11.9 Å². The summed E-state index contributed by atoms with van der Waals surface area (Å²) in [7, 11) is 0. The smallest absolute Gasteiger partial charge is 0.326 e. The standard InChI is InChI=1S/C11H11BrFN3O4/c12-5-1-2-7(6(13)3-5)15-11(20)16-8(10(18)19)4-9(14)17/h1-3,8H,4H2,(H2,14,17)(H,18,19)(H2,15,16,20). The van der Waals surface area contributed by atoms with Crippen LogP contribution < -0.4 is 16.4 Å². The van der Waals surface area contributed by atoms with Crippen LogP contribution in [0.4, 0.5) is 14.9 Å². The number of hydrogen-bond acceptors (Lipinski definition) is 3. The van der Waals surface area contributed by atoms with Crippen molar-refractivity contribution in [3.63, 3.8) is 0 Å². The minimum atomic E-state index is -1.48. The largest absolute Gasteiger partial charge is 0.480 e. The molecule has 5 N–H and O–H groups in total. The number of carboxylic acid groups (broad SMARTS) is 1. The second-order valence-corrected chi connectivity index (χ2v) is 4.70. The number of carboxylic acids is 1. The van der Waals surface area contributed by atoms with Gasteiger partial charge in [0.25, 0.3) is 0 Å². The second-order valence-electron chi connectivity index (χ2n) is 3.78. The Balaban J connectivity index is 2.70. The molecule has 20 heavy (non-hydrogen) atoms. The summed E-state index contributed by atoms with van der Waals surface area (Å²) in [5.74, 6) is -3.00. The van der Waals surface area contributed by atoms with Crippen molar-refractivity contribution in [2.24, 2.45) is 5.73 Å². The Morgan fingerprint density at radius 1 is 1.40 bits per heavy atom. The lowest BCUT2D eigenvalue weighted by Gasteiger charge is -2.14. The third-order valence-electron chi connectivity index (χ3n) is 2.19. The average molecular weight is 348 g/mol. The van der Waals surface area contributed by atoms with Crippen molar-refractivity contribution in [2.45, 2.75) is 12.5 Å². The number of primary amides is 1. The van der Waals surface area contributed by atoms with Crippen LogP contribution in [0.3, 0.4) is 0 Å². The highest BCUT2D eigenvalue weighted by Gasteiger charge is 2.22. The predicted molar refractivity (Wildman–Crippen MR) is 71.5 cm³/mol. The number of amides is 3. The van der Waals surface area contributed by atoms with Crippen LogP contribution in [0, 0.1) is 5.82 Å². The lowest BCUT2D eigenvalue weighted by atomic mass is 10.2. The maximum atomic E-state index is 13.5. The van der Waals surface area contributed by atoms with E-state index in [-0.39, 0.29) is 5.69 Å². The molecule has 1 aromatic carbocycles. The van der Waals surface area contributed by atoms with Crippen molar-refractivity contribution in [2.75, 3.05) is 5.32 Å². The summed E-state index contributed by atoms with van der Waals surface area (Å²) in [6.07, 6.45) is -0.564. The first-order valence-electron chi connectivity index (χ1n) is 5.33. The van der Waals surface area contributed by atoms with E-state index in [0.29, 0.717) is 4.47 Å². The van der Waals surface area contributed by atoms with E-state index < -0.39 is 36.2 Å². The van der Waals surface area contributed by atoms with E-state index in [1.54, 1.807) is 0 Å². The number of urea groups is 1. The maximum absolute atomic E-state index is 13.5. The number of carbonyl (C=O) groups is 3. The Bertz CT molecular complexity index is 552. The molecular weight excluding hydrogens is 337 g/mol. The minimum absolute atomic E-state index is 0.131. The number of rotatable bonds is 5. The summed E-state index contributed by atoms with van der Waals surface area (Å²) in [5.41, 5.74) is 4.73. The van der Waals surface area contributed by atoms with Gasteiger partial charge in [0.15, 0.2) is 0 Å². The number of hydrogen-bond donors (Lipinski definition) is 4. The molecule has 0 aliphatic heterocycles. The van der Waals surface area contributed by atoms with Crippen LogP contribution in [-0.4, -0.2) is 29.1 Å². The third-order valence-corrected chi connectivity index (χ3v) is 2.68. The van der Waals surface area contributed by atoms with E-state index in [0.717, 1.165) is 6.07 Å². The van der Waals surface area contributed by atoms with Gasteiger partial charge in [-0.25, -0.2) is 14.0 Å². The highest BCUT2D eigenvalue weighted by atomic mass is 79.9. The summed E-state index contributed by atoms with van der Waals surface area (Å²) in [4.78, 5) is 33.0. The number of nitrogens with two attached hydrogens (primary N) is 1. The minimum Gasteiger partial charge on any atom is -0.480 e. The maximum Gasteiger partial charge on any atom is 0.326 e. The third kappa shape index (κ3) is 4.84. The van der Waals surface area contributed by atoms with Crippen molar-refractivity contribution in [1.82, 2.24) is 5.32 Å². The van der Waals surface area contributed by atoms with Gasteiger partial charge in [-0.1, -0.05) is 15.9 Å². The fourth-order valence-electron chi connectivity index (χ4n) is 1.31. The number of nitrogens with one attached hydrogen (secondary N) is 2. The quantitative estimate of drug-likeness (QED) is 0.635. The van der Waals surface area contributed by atoms with Gasteiger partial charge < -0.3 is 21.5 Å². The van der Waals surface area contributed by atoms with Crippen LogP contribution in [0.15, 0.2) is 22.7 Å². The molecule has 1 unspecified atom stereocenters. The number of carbonyl (C=O) groups excluding carboxylic acids is 2. The van der Waals surface area contributed by atoms with Crippen LogP contribution in [0.5, 0.6) is 0 Å². The van der Waals surface area contributed by atoms with Crippen molar-refractivity contribution in [3.8, 4) is 0 Å². The topological polar surface area (TPSA) is 122 Å². The Hall–Kier alpha value is -2.16. The lowest BCUT2D eigenvalue weighted by Crippen LogP contribution is -2.45. The van der Waals surface area contributed by atoms with Crippen molar-refractivity contribution in [1.29, 1.82) is 0 Å². The number of anilines is 1. The molecule has 108 valence electrons. The summed E-state index contributed by atoms with van der Waals surface area (Å²) in [6.45, 7) is 0. The Morgan fingerprint density at radius 3 is 2.55 bits per heavy atom. The Labute approximate surface area is 121 Å². The van der Waals surface area contributed by atoms with E-state index in [1.165, 1.54) is 12.1 Å². The van der Waals surface area contributed by atoms with Crippen LogP contribution >= 0.6 is 15.9 Å². The molecule has 7 nitrogen and oxygen atoms in total. The fraction of sp³-hybridized carbons (Fsp3) is 0.182. The Morgan fingerprint density at radius 2 is 2.05 bits per heavy atom. The van der Waals surface area contributed by atoms with Gasteiger partial charge in [-0.15, -0.1) is 0 Å². The molecule has 0 aromatic heterocycles. The summed E-state index contributed by atoms with van der Waals surface area (Å²) < 4.78 is 13.9. The number of halogens is 2. The molecule has 0 saturated carbocycles. The van der Waals surface area contributed by atoms with Gasteiger partial charge in [-0.2, -0.15) is 0 Å². The average Bonchev–Trinajstić information content (AvgIpc) is 2.31. The zero-order valence-electron chi connectivity index (χ0n) is 10.0. The van der Waals surface area contributed by atoms with Gasteiger partial charge in [-0.3, -0.25) is 4.79 Å². The molecule has 1 aromatic rings. The summed E-state index contributed by atoms with van der Waals surface area (Å²) in [5, 5.41) is 12.9. The summed E-state index contributed by atoms with van der Waals surface area (Å²) >= 11 is 3.05. The molecule has 0 radical (unpaired) electrons. The normalized spacial score (nSPS) is 11.5. The molecule has 0 aliphatic carbocycles. The van der Waals surface area contributed by atoms with E-state index in [4.69, 9.17) is 10.8 Å². The number of benzene rings is 1. The molecule has 9 heteroatoms. The zero-order chi connectivity index (χ0) is 15.3. The first kappa shape index (κ1) is 15.9. The number of aliphatic carboxylic acids is 1. The van der Waals surface area contributed by atoms with Gasteiger partial charge in [0, 0.05) is 4.47 Å². The highest BCUT2D eigenvalue weighted by Crippen LogP contribution is 2.19. The predicted octanol–water partition coefficient (Wildman–Crippen LogP) is 1.04. The van der Waals surface area contributed by atoms with Crippen LogP contribution in [0.1, 0.15) is 6.42 Å². The van der Waals surface area contributed by atoms with E-state index in [9.17, 15) is 18.8 Å². The van der Waals surface area contributed by atoms with Gasteiger partial charge in [0.05, 0.1) is 12.1 Å². The van der Waals surface area contributed by atoms with E-state index in [2.05, 4.69) is 21.2 Å².